The molecule has 7 heteroatoms. The van der Waals surface area contributed by atoms with Crippen molar-refractivity contribution >= 4 is 0 Å². The van der Waals surface area contributed by atoms with Crippen LogP contribution in [0.2, 0.25) is 0 Å². The molecule has 0 aliphatic heterocycles. The lowest BCUT2D eigenvalue weighted by Crippen LogP contribution is -2.32. The van der Waals surface area contributed by atoms with Crippen molar-refractivity contribution in [2.75, 3.05) is 35.0 Å². The standard InChI is InChI=1S/C23H30O7/c1-12-6-14-10-19(29-4)22(26)23(30-5)20(14)15(16(12)11-24)7-13-8-17(27-2)21(25)18(9-13)28-3/h8-10,12,15-16,24-26H,6-7,11H2,1-5H3/t12-,15+,16-/m1/s1. The number of ether oxygens (including phenoxy) is 4. The SMILES string of the molecule is COc1cc(C[C@@H]2c3c(cc(OC)c(O)c3OC)C[C@@H](C)[C@H]2CO)cc(OC)c1O. The smallest absolute Gasteiger partial charge is 0.201 e. The minimum absolute atomic E-state index is 0.00751. The lowest BCUT2D eigenvalue weighted by atomic mass is 9.67. The van der Waals surface area contributed by atoms with Crippen LogP contribution in [0.15, 0.2) is 18.2 Å². The number of methoxy groups -OCH3 is 4. The molecule has 7 nitrogen and oxygen atoms in total. The number of phenolic OH excluding ortho intramolecular Hbond substituents is 2. The summed E-state index contributed by atoms with van der Waals surface area (Å²) in [7, 11) is 6.00. The average molecular weight is 418 g/mol. The molecule has 0 saturated heterocycles. The van der Waals surface area contributed by atoms with E-state index in [9.17, 15) is 15.3 Å². The highest BCUT2D eigenvalue weighted by Gasteiger charge is 2.38. The maximum Gasteiger partial charge on any atom is 0.201 e. The van der Waals surface area contributed by atoms with Crippen molar-refractivity contribution in [2.24, 2.45) is 11.8 Å². The van der Waals surface area contributed by atoms with Gasteiger partial charge < -0.3 is 34.3 Å². The summed E-state index contributed by atoms with van der Waals surface area (Å²) in [6.45, 7) is 2.12. The zero-order valence-corrected chi connectivity index (χ0v) is 18.1. The van der Waals surface area contributed by atoms with Crippen molar-refractivity contribution < 1.29 is 34.3 Å². The topological polar surface area (TPSA) is 97.6 Å². The lowest BCUT2D eigenvalue weighted by Gasteiger charge is -2.38. The summed E-state index contributed by atoms with van der Waals surface area (Å²) in [6, 6.07) is 5.38. The molecule has 3 rings (SSSR count). The Morgan fingerprint density at radius 3 is 1.93 bits per heavy atom. The number of hydrogen-bond donors (Lipinski definition) is 3. The van der Waals surface area contributed by atoms with Gasteiger partial charge in [-0.05, 0) is 59.9 Å². The summed E-state index contributed by atoms with van der Waals surface area (Å²) in [5, 5.41) is 31.1. The third kappa shape index (κ3) is 3.69. The Morgan fingerprint density at radius 1 is 0.867 bits per heavy atom. The molecule has 0 bridgehead atoms. The maximum atomic E-state index is 10.7. The first-order chi connectivity index (χ1) is 14.4. The highest BCUT2D eigenvalue weighted by Crippen LogP contribution is 2.52. The van der Waals surface area contributed by atoms with E-state index >= 15 is 0 Å². The molecule has 1 aliphatic rings. The van der Waals surface area contributed by atoms with Gasteiger partial charge >= 0.3 is 0 Å². The highest BCUT2D eigenvalue weighted by molar-refractivity contribution is 5.61. The maximum absolute atomic E-state index is 10.7. The Hall–Kier alpha value is -2.80. The molecular formula is C23H30O7. The van der Waals surface area contributed by atoms with Gasteiger partial charge in [0, 0.05) is 12.2 Å². The third-order valence-corrected chi connectivity index (χ3v) is 6.13. The first-order valence-corrected chi connectivity index (χ1v) is 9.91. The Bertz CT molecular complexity index is 884. The number of aliphatic hydroxyl groups excluding tert-OH is 1. The van der Waals surface area contributed by atoms with Crippen LogP contribution in [0.1, 0.15) is 29.5 Å². The van der Waals surface area contributed by atoms with E-state index in [-0.39, 0.29) is 35.9 Å². The number of benzene rings is 2. The fourth-order valence-electron chi connectivity index (χ4n) is 4.62. The molecule has 0 fully saturated rings. The van der Waals surface area contributed by atoms with Crippen molar-refractivity contribution in [1.82, 2.24) is 0 Å². The van der Waals surface area contributed by atoms with Crippen LogP contribution < -0.4 is 18.9 Å². The Morgan fingerprint density at radius 2 is 1.43 bits per heavy atom. The van der Waals surface area contributed by atoms with E-state index in [4.69, 9.17) is 18.9 Å². The van der Waals surface area contributed by atoms with Crippen LogP contribution in [0.4, 0.5) is 0 Å². The molecule has 2 aromatic carbocycles. The molecule has 0 aromatic heterocycles. The van der Waals surface area contributed by atoms with Crippen LogP contribution in [0.3, 0.4) is 0 Å². The average Bonchev–Trinajstić information content (AvgIpc) is 2.74. The molecule has 0 spiro atoms. The van der Waals surface area contributed by atoms with Gasteiger partial charge in [0.15, 0.2) is 23.0 Å². The molecule has 0 saturated carbocycles. The quantitative estimate of drug-likeness (QED) is 0.635. The number of hydrogen-bond acceptors (Lipinski definition) is 7. The molecule has 164 valence electrons. The molecule has 0 unspecified atom stereocenters. The molecule has 30 heavy (non-hydrogen) atoms. The van der Waals surface area contributed by atoms with Crippen molar-refractivity contribution in [1.29, 1.82) is 0 Å². The second kappa shape index (κ2) is 8.92. The zero-order chi connectivity index (χ0) is 22.0. The van der Waals surface area contributed by atoms with Gasteiger partial charge in [0.1, 0.15) is 0 Å². The van der Waals surface area contributed by atoms with Gasteiger partial charge in [-0.15, -0.1) is 0 Å². The fraction of sp³-hybridized carbons (Fsp3) is 0.478. The Kier molecular flexibility index (Phi) is 6.51. The first-order valence-electron chi connectivity index (χ1n) is 9.91. The number of rotatable bonds is 7. The van der Waals surface area contributed by atoms with E-state index in [1.807, 2.05) is 6.07 Å². The summed E-state index contributed by atoms with van der Waals surface area (Å²) in [5.74, 6) is 1.33. The molecule has 1 aliphatic carbocycles. The van der Waals surface area contributed by atoms with Crippen LogP contribution in [0, 0.1) is 11.8 Å². The van der Waals surface area contributed by atoms with E-state index in [2.05, 4.69) is 6.92 Å². The number of aromatic hydroxyl groups is 2. The number of phenols is 2. The Labute approximate surface area is 176 Å². The van der Waals surface area contributed by atoms with E-state index in [0.717, 1.165) is 23.1 Å². The summed E-state index contributed by atoms with van der Waals surface area (Å²) >= 11 is 0. The molecule has 2 aromatic rings. The fourth-order valence-corrected chi connectivity index (χ4v) is 4.62. The predicted octanol–water partition coefficient (Wildman–Crippen LogP) is 3.26. The highest BCUT2D eigenvalue weighted by atomic mass is 16.5. The molecule has 0 amide bonds. The minimum Gasteiger partial charge on any atom is -0.502 e. The summed E-state index contributed by atoms with van der Waals surface area (Å²) in [6.07, 6.45) is 1.28. The minimum atomic E-state index is -0.125. The van der Waals surface area contributed by atoms with Gasteiger partial charge in [-0.25, -0.2) is 0 Å². The summed E-state index contributed by atoms with van der Waals surface area (Å²) < 4.78 is 21.5. The second-order valence-corrected chi connectivity index (χ2v) is 7.72. The molecule has 0 heterocycles. The second-order valence-electron chi connectivity index (χ2n) is 7.72. The zero-order valence-electron chi connectivity index (χ0n) is 18.1. The molecular weight excluding hydrogens is 388 g/mol. The summed E-state index contributed by atoms with van der Waals surface area (Å²) in [5.41, 5.74) is 2.78. The molecule has 0 radical (unpaired) electrons. The van der Waals surface area contributed by atoms with Crippen LogP contribution in [0.25, 0.3) is 0 Å². The monoisotopic (exact) mass is 418 g/mol. The lowest BCUT2D eigenvalue weighted by molar-refractivity contribution is 0.144. The molecule has 3 N–H and O–H groups in total. The van der Waals surface area contributed by atoms with Crippen molar-refractivity contribution in [3.63, 3.8) is 0 Å². The Balaban J connectivity index is 2.16. The van der Waals surface area contributed by atoms with Crippen molar-refractivity contribution in [2.45, 2.75) is 25.7 Å². The van der Waals surface area contributed by atoms with Crippen molar-refractivity contribution in [3.8, 4) is 34.5 Å². The van der Waals surface area contributed by atoms with Gasteiger partial charge in [0.25, 0.3) is 0 Å². The number of fused-ring (bicyclic) bond motifs is 1. The normalized spacial score (nSPS) is 20.4. The van der Waals surface area contributed by atoms with Gasteiger partial charge in [0.05, 0.1) is 28.4 Å². The van der Waals surface area contributed by atoms with Crippen LogP contribution in [-0.2, 0) is 12.8 Å². The van der Waals surface area contributed by atoms with Crippen LogP contribution in [0.5, 0.6) is 34.5 Å². The van der Waals surface area contributed by atoms with Gasteiger partial charge in [-0.3, -0.25) is 0 Å². The first kappa shape index (κ1) is 21.9. The van der Waals surface area contributed by atoms with E-state index in [1.165, 1.54) is 28.4 Å². The van der Waals surface area contributed by atoms with Gasteiger partial charge in [0.2, 0.25) is 11.5 Å². The van der Waals surface area contributed by atoms with Gasteiger partial charge in [-0.1, -0.05) is 6.92 Å². The van der Waals surface area contributed by atoms with E-state index in [1.54, 1.807) is 12.1 Å². The molecule has 3 atom stereocenters. The van der Waals surface area contributed by atoms with Crippen LogP contribution in [-0.4, -0.2) is 50.4 Å². The predicted molar refractivity (Wildman–Crippen MR) is 112 cm³/mol. The largest absolute Gasteiger partial charge is 0.502 e. The van der Waals surface area contributed by atoms with E-state index < -0.39 is 0 Å². The summed E-state index contributed by atoms with van der Waals surface area (Å²) in [4.78, 5) is 0. The third-order valence-electron chi connectivity index (χ3n) is 6.13. The van der Waals surface area contributed by atoms with Crippen LogP contribution >= 0.6 is 0 Å². The van der Waals surface area contributed by atoms with Gasteiger partial charge in [-0.2, -0.15) is 0 Å². The number of aliphatic hydroxyl groups is 1. The van der Waals surface area contributed by atoms with E-state index in [0.29, 0.717) is 29.4 Å². The van der Waals surface area contributed by atoms with Crippen molar-refractivity contribution in [3.05, 3.63) is 34.9 Å².